The molecule has 1 heterocycles. The van der Waals surface area contributed by atoms with Crippen LogP contribution in [0.15, 0.2) is 95.6 Å². The summed E-state index contributed by atoms with van der Waals surface area (Å²) in [4.78, 5) is 28.6. The Morgan fingerprint density at radius 3 is 2.31 bits per heavy atom. The van der Waals surface area contributed by atoms with E-state index in [0.29, 0.717) is 30.5 Å². The van der Waals surface area contributed by atoms with Crippen molar-refractivity contribution >= 4 is 35.0 Å². The van der Waals surface area contributed by atoms with Crippen LogP contribution in [-0.4, -0.2) is 39.8 Å². The lowest BCUT2D eigenvalue weighted by molar-refractivity contribution is -0.123. The van der Waals surface area contributed by atoms with E-state index in [1.54, 1.807) is 24.3 Å². The number of phenolic OH excluding ortho intramolecular Hbond substituents is 1. The Balaban J connectivity index is 1.32. The van der Waals surface area contributed by atoms with Gasteiger partial charge in [-0.2, -0.15) is 0 Å². The lowest BCUT2D eigenvalue weighted by atomic mass is 9.68. The number of hydrogen-bond donors (Lipinski definition) is 4. The SMILES string of the molecule is CC/C(=C\c1ccccc1O)CC[C@@H](O)C1=C(C)C[C@H]2C(=O)N(c3ccc(Nc4ccccc4)cc3)C(=O)[C@H]2[C@H]1CO. The molecule has 42 heavy (non-hydrogen) atoms. The van der Waals surface area contributed by atoms with E-state index in [9.17, 15) is 24.9 Å². The quantitative estimate of drug-likeness (QED) is 0.172. The van der Waals surface area contributed by atoms with Gasteiger partial charge in [0.25, 0.3) is 0 Å². The third-order valence-corrected chi connectivity index (χ3v) is 8.56. The molecule has 0 radical (unpaired) electrons. The Morgan fingerprint density at radius 2 is 1.64 bits per heavy atom. The highest BCUT2D eigenvalue weighted by Gasteiger charge is 2.54. The molecule has 0 saturated carbocycles. The fourth-order valence-electron chi connectivity index (χ4n) is 6.41. The Morgan fingerprint density at radius 1 is 0.976 bits per heavy atom. The normalized spacial score (nSPS) is 21.5. The smallest absolute Gasteiger partial charge is 0.238 e. The molecule has 1 fully saturated rings. The summed E-state index contributed by atoms with van der Waals surface area (Å²) in [6.07, 6.45) is 3.22. The van der Waals surface area contributed by atoms with Crippen LogP contribution in [0.4, 0.5) is 17.1 Å². The number of hydrogen-bond acceptors (Lipinski definition) is 6. The van der Waals surface area contributed by atoms with Crippen LogP contribution in [0.25, 0.3) is 6.08 Å². The molecule has 2 aliphatic rings. The Hall–Kier alpha value is -4.20. The average molecular weight is 567 g/mol. The lowest BCUT2D eigenvalue weighted by Gasteiger charge is -2.35. The third-order valence-electron chi connectivity index (χ3n) is 8.56. The number of aliphatic hydroxyl groups excluding tert-OH is 2. The van der Waals surface area contributed by atoms with Gasteiger partial charge in [0, 0.05) is 22.9 Å². The lowest BCUT2D eigenvalue weighted by Crippen LogP contribution is -2.38. The van der Waals surface area contributed by atoms with Crippen LogP contribution >= 0.6 is 0 Å². The number of fused-ring (bicyclic) bond motifs is 1. The van der Waals surface area contributed by atoms with E-state index in [1.165, 1.54) is 4.90 Å². The first-order chi connectivity index (χ1) is 20.3. The predicted molar refractivity (Wildman–Crippen MR) is 165 cm³/mol. The Labute approximate surface area is 246 Å². The molecular formula is C35H38N2O5. The monoisotopic (exact) mass is 566 g/mol. The third kappa shape index (κ3) is 5.89. The van der Waals surface area contributed by atoms with Gasteiger partial charge in [0.05, 0.1) is 30.2 Å². The van der Waals surface area contributed by atoms with Gasteiger partial charge >= 0.3 is 0 Å². The van der Waals surface area contributed by atoms with Crippen LogP contribution in [0.5, 0.6) is 5.75 Å². The second-order valence-corrected chi connectivity index (χ2v) is 11.2. The van der Waals surface area contributed by atoms with Crippen LogP contribution in [0.1, 0.15) is 45.1 Å². The molecule has 3 aromatic rings. The minimum Gasteiger partial charge on any atom is -0.507 e. The molecule has 4 atom stereocenters. The van der Waals surface area contributed by atoms with Crippen molar-refractivity contribution in [2.45, 2.75) is 45.6 Å². The zero-order valence-corrected chi connectivity index (χ0v) is 24.0. The number of phenols is 1. The molecule has 1 saturated heterocycles. The van der Waals surface area contributed by atoms with Crippen molar-refractivity contribution in [3.63, 3.8) is 0 Å². The number of rotatable bonds is 10. The maximum atomic E-state index is 13.8. The largest absolute Gasteiger partial charge is 0.507 e. The first-order valence-electron chi connectivity index (χ1n) is 14.6. The predicted octanol–water partition coefficient (Wildman–Crippen LogP) is 6.20. The fourth-order valence-corrected chi connectivity index (χ4v) is 6.41. The summed E-state index contributed by atoms with van der Waals surface area (Å²) in [7, 11) is 0. The average Bonchev–Trinajstić information content (AvgIpc) is 3.24. The summed E-state index contributed by atoms with van der Waals surface area (Å²) >= 11 is 0. The molecule has 7 nitrogen and oxygen atoms in total. The van der Waals surface area contributed by atoms with E-state index in [4.69, 9.17) is 0 Å². The molecule has 0 spiro atoms. The number of anilines is 3. The van der Waals surface area contributed by atoms with Gasteiger partial charge in [0.2, 0.25) is 11.8 Å². The topological polar surface area (TPSA) is 110 Å². The van der Waals surface area contributed by atoms with Crippen LogP contribution in [0, 0.1) is 17.8 Å². The standard InChI is InChI=1S/C35H38N2O5/c1-3-23(20-24-9-7-8-12-30(24)39)13-18-31(40)32-22(2)19-28-33(29(32)21-38)35(42)37(34(28)41)27-16-14-26(15-17-27)36-25-10-5-4-6-11-25/h4-12,14-17,20,28-29,31,33,36,38-40H,3,13,18-19,21H2,1-2H3/b23-20+/t28-,29+,31-,33-/m1/s1. The van der Waals surface area contributed by atoms with Crippen LogP contribution in [0.2, 0.25) is 0 Å². The van der Waals surface area contributed by atoms with Gasteiger partial charge in [0.1, 0.15) is 5.75 Å². The zero-order chi connectivity index (χ0) is 29.8. The van der Waals surface area contributed by atoms with Crippen LogP contribution in [-0.2, 0) is 9.59 Å². The minimum atomic E-state index is -0.859. The molecule has 5 rings (SSSR count). The molecule has 3 aromatic carbocycles. The minimum absolute atomic E-state index is 0.206. The van der Waals surface area contributed by atoms with Crippen molar-refractivity contribution in [1.29, 1.82) is 0 Å². The second-order valence-electron chi connectivity index (χ2n) is 11.2. The number of benzene rings is 3. The summed E-state index contributed by atoms with van der Waals surface area (Å²) in [5, 5.41) is 35.3. The summed E-state index contributed by atoms with van der Waals surface area (Å²) in [6, 6.07) is 24.0. The first kappa shape index (κ1) is 29.3. The van der Waals surface area contributed by atoms with E-state index < -0.39 is 23.9 Å². The summed E-state index contributed by atoms with van der Waals surface area (Å²) in [5.74, 6) is -2.32. The Kier molecular flexibility index (Phi) is 8.90. The number of allylic oxidation sites excluding steroid dienone is 2. The number of para-hydroxylation sites is 2. The van der Waals surface area contributed by atoms with E-state index in [1.807, 2.05) is 74.5 Å². The molecule has 218 valence electrons. The number of amides is 2. The highest BCUT2D eigenvalue weighted by Crippen LogP contribution is 2.47. The van der Waals surface area contributed by atoms with Crippen molar-refractivity contribution in [3.8, 4) is 5.75 Å². The van der Waals surface area contributed by atoms with Gasteiger partial charge < -0.3 is 20.6 Å². The maximum Gasteiger partial charge on any atom is 0.238 e. The molecule has 2 amide bonds. The van der Waals surface area contributed by atoms with Gasteiger partial charge in [-0.3, -0.25) is 14.5 Å². The molecule has 0 unspecified atom stereocenters. The fraction of sp³-hybridized carbons (Fsp3) is 0.314. The van der Waals surface area contributed by atoms with Crippen molar-refractivity contribution in [1.82, 2.24) is 0 Å². The maximum absolute atomic E-state index is 13.8. The molecule has 7 heteroatoms. The van der Waals surface area contributed by atoms with Crippen molar-refractivity contribution < 1.29 is 24.9 Å². The number of carbonyl (C=O) groups excluding carboxylic acids is 2. The van der Waals surface area contributed by atoms with E-state index >= 15 is 0 Å². The molecule has 0 aromatic heterocycles. The van der Waals surface area contributed by atoms with Gasteiger partial charge in [-0.1, -0.05) is 60.5 Å². The van der Waals surface area contributed by atoms with Gasteiger partial charge in [-0.15, -0.1) is 0 Å². The van der Waals surface area contributed by atoms with Crippen LogP contribution < -0.4 is 10.2 Å². The van der Waals surface area contributed by atoms with Crippen molar-refractivity contribution in [3.05, 3.63) is 101 Å². The molecule has 0 bridgehead atoms. The highest BCUT2D eigenvalue weighted by molar-refractivity contribution is 6.22. The molecule has 1 aliphatic carbocycles. The van der Waals surface area contributed by atoms with Crippen molar-refractivity contribution in [2.24, 2.45) is 17.8 Å². The molecule has 4 N–H and O–H groups in total. The van der Waals surface area contributed by atoms with Crippen LogP contribution in [0.3, 0.4) is 0 Å². The molecule has 1 aliphatic heterocycles. The number of aromatic hydroxyl groups is 1. The molecular weight excluding hydrogens is 528 g/mol. The number of nitrogens with zero attached hydrogens (tertiary/aromatic N) is 1. The van der Waals surface area contributed by atoms with E-state index in [0.717, 1.165) is 34.5 Å². The Bertz CT molecular complexity index is 1500. The van der Waals surface area contributed by atoms with E-state index in [-0.39, 0.29) is 24.2 Å². The first-order valence-corrected chi connectivity index (χ1v) is 14.6. The zero-order valence-electron chi connectivity index (χ0n) is 24.0. The van der Waals surface area contributed by atoms with Gasteiger partial charge in [-0.05, 0) is 80.6 Å². The van der Waals surface area contributed by atoms with Gasteiger partial charge in [-0.25, -0.2) is 0 Å². The summed E-state index contributed by atoms with van der Waals surface area (Å²) < 4.78 is 0. The van der Waals surface area contributed by atoms with Crippen molar-refractivity contribution in [2.75, 3.05) is 16.8 Å². The number of aliphatic hydroxyl groups is 2. The summed E-state index contributed by atoms with van der Waals surface area (Å²) in [6.45, 7) is 3.60. The highest BCUT2D eigenvalue weighted by atomic mass is 16.3. The van der Waals surface area contributed by atoms with E-state index in [2.05, 4.69) is 5.32 Å². The number of nitrogens with one attached hydrogen (secondary N) is 1. The van der Waals surface area contributed by atoms with Gasteiger partial charge in [0.15, 0.2) is 0 Å². The second kappa shape index (κ2) is 12.8. The number of carbonyl (C=O) groups is 2. The summed E-state index contributed by atoms with van der Waals surface area (Å²) in [5.41, 5.74) is 5.59. The number of imide groups is 1.